The predicted molar refractivity (Wildman–Crippen MR) is 112 cm³/mol. The zero-order chi connectivity index (χ0) is 19.3. The highest BCUT2D eigenvalue weighted by molar-refractivity contribution is 9.10. The second-order valence-electron chi connectivity index (χ2n) is 6.36. The number of pyridine rings is 2. The second kappa shape index (κ2) is 8.31. The highest BCUT2D eigenvalue weighted by Gasteiger charge is 2.14. The van der Waals surface area contributed by atoms with Crippen LogP contribution in [0, 0.1) is 0 Å². The van der Waals surface area contributed by atoms with Crippen molar-refractivity contribution in [2.75, 3.05) is 6.54 Å². The molecular weight excluding hydrogens is 418 g/mol. The Morgan fingerprint density at radius 3 is 2.71 bits per heavy atom. The van der Waals surface area contributed by atoms with E-state index in [-0.39, 0.29) is 5.91 Å². The topological polar surface area (TPSA) is 72.7 Å². The van der Waals surface area contributed by atoms with Crippen molar-refractivity contribution >= 4 is 32.7 Å². The third-order valence-corrected chi connectivity index (χ3v) is 4.92. The Balaban J connectivity index is 1.60. The molecule has 0 aliphatic carbocycles. The molecule has 0 saturated heterocycles. The van der Waals surface area contributed by atoms with Crippen molar-refractivity contribution < 1.29 is 4.79 Å². The number of nitrogens with zero attached hydrogens (tertiary/aromatic N) is 4. The van der Waals surface area contributed by atoms with Crippen molar-refractivity contribution in [2.45, 2.75) is 13.0 Å². The molecule has 3 aromatic heterocycles. The van der Waals surface area contributed by atoms with Gasteiger partial charge in [-0.05, 0) is 42.8 Å². The van der Waals surface area contributed by atoms with Gasteiger partial charge in [-0.15, -0.1) is 0 Å². The van der Waals surface area contributed by atoms with Crippen LogP contribution in [0.25, 0.3) is 22.2 Å². The number of fused-ring (bicyclic) bond motifs is 1. The number of carbonyl (C=O) groups excluding carboxylic acids is 1. The first-order valence-electron chi connectivity index (χ1n) is 8.95. The molecule has 140 valence electrons. The van der Waals surface area contributed by atoms with Crippen LogP contribution >= 0.6 is 15.9 Å². The smallest absolute Gasteiger partial charge is 0.252 e. The van der Waals surface area contributed by atoms with Gasteiger partial charge in [0, 0.05) is 53.3 Å². The predicted octanol–water partition coefficient (Wildman–Crippen LogP) is 4.08. The standard InChI is InChI=1S/C21H18BrN5O/c22-16-2-3-19-17(12-16)18(13-20(26-19)15-4-7-23-8-5-15)21(28)25-6-1-10-27-11-9-24-14-27/h2-5,7-9,11-14H,1,6,10H2,(H,25,28). The van der Waals surface area contributed by atoms with Crippen LogP contribution in [-0.4, -0.2) is 32.0 Å². The van der Waals surface area contributed by atoms with E-state index in [0.29, 0.717) is 12.1 Å². The fourth-order valence-corrected chi connectivity index (χ4v) is 3.40. The molecule has 4 aromatic rings. The first-order valence-corrected chi connectivity index (χ1v) is 9.75. The Kier molecular flexibility index (Phi) is 5.43. The molecule has 1 amide bonds. The number of nitrogens with one attached hydrogen (secondary N) is 1. The van der Waals surface area contributed by atoms with Gasteiger partial charge in [-0.3, -0.25) is 9.78 Å². The van der Waals surface area contributed by atoms with E-state index in [4.69, 9.17) is 4.98 Å². The second-order valence-corrected chi connectivity index (χ2v) is 7.28. The number of imidazole rings is 1. The first-order chi connectivity index (χ1) is 13.7. The summed E-state index contributed by atoms with van der Waals surface area (Å²) in [5, 5.41) is 3.84. The molecule has 4 rings (SSSR count). The molecule has 0 saturated carbocycles. The summed E-state index contributed by atoms with van der Waals surface area (Å²) in [6.07, 6.45) is 9.71. The van der Waals surface area contributed by atoms with Gasteiger partial charge in [-0.2, -0.15) is 0 Å². The third-order valence-electron chi connectivity index (χ3n) is 4.43. The zero-order valence-corrected chi connectivity index (χ0v) is 16.6. The number of carbonyl (C=O) groups is 1. The number of benzene rings is 1. The molecule has 0 unspecified atom stereocenters. The normalized spacial score (nSPS) is 10.9. The van der Waals surface area contributed by atoms with Crippen molar-refractivity contribution in [3.63, 3.8) is 0 Å². The van der Waals surface area contributed by atoms with Gasteiger partial charge in [-0.25, -0.2) is 9.97 Å². The van der Waals surface area contributed by atoms with Crippen molar-refractivity contribution in [3.8, 4) is 11.3 Å². The molecule has 7 heteroatoms. The van der Waals surface area contributed by atoms with E-state index >= 15 is 0 Å². The molecule has 0 bridgehead atoms. The van der Waals surface area contributed by atoms with Crippen LogP contribution in [0.4, 0.5) is 0 Å². The van der Waals surface area contributed by atoms with Crippen LogP contribution in [0.3, 0.4) is 0 Å². The average Bonchev–Trinajstić information content (AvgIpc) is 3.24. The van der Waals surface area contributed by atoms with Gasteiger partial charge in [0.15, 0.2) is 0 Å². The summed E-state index contributed by atoms with van der Waals surface area (Å²) in [6.45, 7) is 1.39. The lowest BCUT2D eigenvalue weighted by Crippen LogP contribution is -2.25. The van der Waals surface area contributed by atoms with Crippen LogP contribution in [0.2, 0.25) is 0 Å². The summed E-state index contributed by atoms with van der Waals surface area (Å²) in [6, 6.07) is 11.4. The maximum Gasteiger partial charge on any atom is 0.252 e. The van der Waals surface area contributed by atoms with E-state index in [1.165, 1.54) is 0 Å². The summed E-state index contributed by atoms with van der Waals surface area (Å²) in [7, 11) is 0. The number of hydrogen-bond donors (Lipinski definition) is 1. The van der Waals surface area contributed by atoms with Gasteiger partial charge < -0.3 is 9.88 Å². The fourth-order valence-electron chi connectivity index (χ4n) is 3.03. The fraction of sp³-hybridized carbons (Fsp3) is 0.143. The monoisotopic (exact) mass is 435 g/mol. The van der Waals surface area contributed by atoms with E-state index in [9.17, 15) is 4.79 Å². The summed E-state index contributed by atoms with van der Waals surface area (Å²) in [4.78, 5) is 25.7. The van der Waals surface area contributed by atoms with Gasteiger partial charge >= 0.3 is 0 Å². The van der Waals surface area contributed by atoms with Gasteiger partial charge in [0.25, 0.3) is 5.91 Å². The first kappa shape index (κ1) is 18.3. The molecule has 0 fully saturated rings. The summed E-state index contributed by atoms with van der Waals surface area (Å²) >= 11 is 3.49. The minimum absolute atomic E-state index is 0.105. The molecule has 28 heavy (non-hydrogen) atoms. The van der Waals surface area contributed by atoms with Crippen LogP contribution in [0.1, 0.15) is 16.8 Å². The number of aryl methyl sites for hydroxylation is 1. The highest BCUT2D eigenvalue weighted by atomic mass is 79.9. The zero-order valence-electron chi connectivity index (χ0n) is 15.0. The molecule has 0 aliphatic rings. The van der Waals surface area contributed by atoms with E-state index in [1.807, 2.05) is 47.2 Å². The Bertz CT molecular complexity index is 1100. The molecule has 3 heterocycles. The Hall–Kier alpha value is -3.06. The van der Waals surface area contributed by atoms with Crippen molar-refractivity contribution in [1.29, 1.82) is 0 Å². The molecule has 6 nitrogen and oxygen atoms in total. The lowest BCUT2D eigenvalue weighted by atomic mass is 10.0. The number of rotatable bonds is 6. The average molecular weight is 436 g/mol. The lowest BCUT2D eigenvalue weighted by Gasteiger charge is -2.11. The van der Waals surface area contributed by atoms with Crippen LogP contribution in [0.5, 0.6) is 0 Å². The lowest BCUT2D eigenvalue weighted by molar-refractivity contribution is 0.0954. The third kappa shape index (κ3) is 4.09. The quantitative estimate of drug-likeness (QED) is 0.463. The molecular formula is C21H18BrN5O. The number of amides is 1. The van der Waals surface area contributed by atoms with Crippen LogP contribution < -0.4 is 5.32 Å². The number of aromatic nitrogens is 4. The molecule has 0 aliphatic heterocycles. The Morgan fingerprint density at radius 2 is 1.93 bits per heavy atom. The summed E-state index contributed by atoms with van der Waals surface area (Å²) in [5.74, 6) is -0.105. The van der Waals surface area contributed by atoms with E-state index in [2.05, 4.69) is 31.2 Å². The molecule has 1 N–H and O–H groups in total. The van der Waals surface area contributed by atoms with E-state index < -0.39 is 0 Å². The number of halogens is 1. The van der Waals surface area contributed by atoms with Crippen molar-refractivity contribution in [2.24, 2.45) is 0 Å². The summed E-state index contributed by atoms with van der Waals surface area (Å²) < 4.78 is 2.90. The van der Waals surface area contributed by atoms with Crippen molar-refractivity contribution in [1.82, 2.24) is 24.8 Å². The SMILES string of the molecule is O=C(NCCCn1ccnc1)c1cc(-c2ccncc2)nc2ccc(Br)cc12. The minimum Gasteiger partial charge on any atom is -0.352 e. The Labute approximate surface area is 170 Å². The molecule has 1 aromatic carbocycles. The van der Waals surface area contributed by atoms with Gasteiger partial charge in [0.05, 0.1) is 23.1 Å². The van der Waals surface area contributed by atoms with Crippen LogP contribution in [0.15, 0.2) is 72.0 Å². The maximum absolute atomic E-state index is 12.9. The number of hydrogen-bond acceptors (Lipinski definition) is 4. The Morgan fingerprint density at radius 1 is 1.07 bits per heavy atom. The minimum atomic E-state index is -0.105. The molecule has 0 radical (unpaired) electrons. The highest BCUT2D eigenvalue weighted by Crippen LogP contribution is 2.27. The van der Waals surface area contributed by atoms with E-state index in [0.717, 1.165) is 39.6 Å². The molecule has 0 atom stereocenters. The van der Waals surface area contributed by atoms with E-state index in [1.54, 1.807) is 24.9 Å². The molecule has 0 spiro atoms. The summed E-state index contributed by atoms with van der Waals surface area (Å²) in [5.41, 5.74) is 3.07. The largest absolute Gasteiger partial charge is 0.352 e. The van der Waals surface area contributed by atoms with Gasteiger partial charge in [0.2, 0.25) is 0 Å². The van der Waals surface area contributed by atoms with Gasteiger partial charge in [-0.1, -0.05) is 15.9 Å². The van der Waals surface area contributed by atoms with Crippen molar-refractivity contribution in [3.05, 3.63) is 77.5 Å². The van der Waals surface area contributed by atoms with Crippen LogP contribution in [-0.2, 0) is 6.54 Å². The van der Waals surface area contributed by atoms with Gasteiger partial charge in [0.1, 0.15) is 0 Å². The maximum atomic E-state index is 12.9.